The van der Waals surface area contributed by atoms with Crippen LogP contribution in [0.5, 0.6) is 0 Å². The van der Waals surface area contributed by atoms with Gasteiger partial charge in [0.05, 0.1) is 15.4 Å². The lowest BCUT2D eigenvalue weighted by Crippen LogP contribution is -2.29. The van der Waals surface area contributed by atoms with Crippen LogP contribution in [0.2, 0.25) is 0 Å². The average molecular weight is 337 g/mol. The minimum Gasteiger partial charge on any atom is -0.352 e. The number of nitro groups is 2. The lowest BCUT2D eigenvalue weighted by atomic mass is 9.99. The zero-order valence-electron chi connectivity index (χ0n) is 14.2. The molecular formula is C16H23N3O5. The molecule has 0 spiro atoms. The van der Waals surface area contributed by atoms with Crippen molar-refractivity contribution in [2.75, 3.05) is 6.54 Å². The Balaban J connectivity index is 2.98. The van der Waals surface area contributed by atoms with Gasteiger partial charge in [0.15, 0.2) is 0 Å². The highest BCUT2D eigenvalue weighted by atomic mass is 16.6. The van der Waals surface area contributed by atoms with Crippen LogP contribution >= 0.6 is 0 Å². The number of carbonyl (C=O) groups is 1. The first-order valence-electron chi connectivity index (χ1n) is 8.03. The highest BCUT2D eigenvalue weighted by Gasteiger charge is 2.25. The number of rotatable bonds is 9. The predicted molar refractivity (Wildman–Crippen MR) is 90.1 cm³/mol. The van der Waals surface area contributed by atoms with E-state index in [2.05, 4.69) is 12.2 Å². The monoisotopic (exact) mass is 337 g/mol. The first-order chi connectivity index (χ1) is 11.3. The number of amides is 1. The Labute approximate surface area is 140 Å². The van der Waals surface area contributed by atoms with Crippen molar-refractivity contribution in [2.24, 2.45) is 5.92 Å². The molecule has 0 heterocycles. The summed E-state index contributed by atoms with van der Waals surface area (Å²) in [6.45, 7) is 5.88. The number of hydrogen-bond acceptors (Lipinski definition) is 5. The van der Waals surface area contributed by atoms with Crippen LogP contribution in [0.1, 0.15) is 55.5 Å². The Morgan fingerprint density at radius 2 is 1.71 bits per heavy atom. The van der Waals surface area contributed by atoms with Gasteiger partial charge in [0.1, 0.15) is 5.56 Å². The fourth-order valence-corrected chi connectivity index (χ4v) is 2.48. The van der Waals surface area contributed by atoms with Crippen molar-refractivity contribution in [1.82, 2.24) is 5.32 Å². The summed E-state index contributed by atoms with van der Waals surface area (Å²) >= 11 is 0. The standard InChI is InChI=1S/C16H23N3O5/c1-4-6-7-12(5-2)10-17-16(20)13-8-14(18(21)22)11(3)15(9-13)19(23)24/h8-9,12H,4-7,10H2,1-3H3,(H,17,20). The lowest BCUT2D eigenvalue weighted by molar-refractivity contribution is -0.395. The maximum absolute atomic E-state index is 12.2. The van der Waals surface area contributed by atoms with Crippen molar-refractivity contribution in [3.8, 4) is 0 Å². The molecular weight excluding hydrogens is 314 g/mol. The van der Waals surface area contributed by atoms with Gasteiger partial charge in [-0.15, -0.1) is 0 Å². The number of nitrogens with zero attached hydrogens (tertiary/aromatic N) is 2. The van der Waals surface area contributed by atoms with Gasteiger partial charge in [-0.25, -0.2) is 0 Å². The third kappa shape index (κ3) is 5.00. The first-order valence-corrected chi connectivity index (χ1v) is 8.03. The summed E-state index contributed by atoms with van der Waals surface area (Å²) in [4.78, 5) is 32.9. The maximum Gasteiger partial charge on any atom is 0.279 e. The quantitative estimate of drug-likeness (QED) is 0.544. The highest BCUT2D eigenvalue weighted by Crippen LogP contribution is 2.29. The van der Waals surface area contributed by atoms with Crippen molar-refractivity contribution >= 4 is 17.3 Å². The minimum absolute atomic E-state index is 0.0593. The summed E-state index contributed by atoms with van der Waals surface area (Å²) in [5.74, 6) is -0.208. The molecule has 0 aliphatic rings. The first kappa shape index (κ1) is 19.5. The van der Waals surface area contributed by atoms with Gasteiger partial charge in [-0.1, -0.05) is 33.1 Å². The summed E-state index contributed by atoms with van der Waals surface area (Å²) in [6, 6.07) is 2.18. The van der Waals surface area contributed by atoms with Crippen molar-refractivity contribution in [3.05, 3.63) is 43.5 Å². The van der Waals surface area contributed by atoms with Crippen LogP contribution in [0, 0.1) is 33.1 Å². The van der Waals surface area contributed by atoms with Crippen LogP contribution in [-0.2, 0) is 0 Å². The van der Waals surface area contributed by atoms with Crippen molar-refractivity contribution in [1.29, 1.82) is 0 Å². The Morgan fingerprint density at radius 3 is 2.12 bits per heavy atom. The Hall–Kier alpha value is -2.51. The fourth-order valence-electron chi connectivity index (χ4n) is 2.48. The molecule has 0 aromatic heterocycles. The number of hydrogen-bond donors (Lipinski definition) is 1. The molecule has 0 radical (unpaired) electrons. The molecule has 0 bridgehead atoms. The van der Waals surface area contributed by atoms with E-state index in [-0.39, 0.29) is 11.1 Å². The van der Waals surface area contributed by atoms with E-state index >= 15 is 0 Å². The van der Waals surface area contributed by atoms with E-state index < -0.39 is 27.1 Å². The summed E-state index contributed by atoms with van der Waals surface area (Å²) in [6.07, 6.45) is 4.03. The van der Waals surface area contributed by atoms with Gasteiger partial charge < -0.3 is 5.32 Å². The van der Waals surface area contributed by atoms with Crippen LogP contribution < -0.4 is 5.32 Å². The van der Waals surface area contributed by atoms with E-state index in [9.17, 15) is 25.0 Å². The largest absolute Gasteiger partial charge is 0.352 e. The van der Waals surface area contributed by atoms with Crippen LogP contribution in [0.15, 0.2) is 12.1 Å². The maximum atomic E-state index is 12.2. The summed E-state index contributed by atoms with van der Waals surface area (Å²) in [5, 5.41) is 24.8. The minimum atomic E-state index is -0.713. The van der Waals surface area contributed by atoms with Gasteiger partial charge >= 0.3 is 0 Å². The van der Waals surface area contributed by atoms with Gasteiger partial charge in [0.2, 0.25) is 0 Å². The topological polar surface area (TPSA) is 115 Å². The second-order valence-electron chi connectivity index (χ2n) is 5.78. The number of nitro benzene ring substituents is 2. The molecule has 1 aromatic carbocycles. The molecule has 1 N–H and O–H groups in total. The zero-order chi connectivity index (χ0) is 18.3. The molecule has 0 aliphatic carbocycles. The van der Waals surface area contributed by atoms with E-state index in [1.165, 1.54) is 6.92 Å². The molecule has 132 valence electrons. The highest BCUT2D eigenvalue weighted by molar-refractivity contribution is 5.96. The van der Waals surface area contributed by atoms with Crippen LogP contribution in [-0.4, -0.2) is 22.3 Å². The molecule has 0 saturated carbocycles. The molecule has 1 atom stereocenters. The van der Waals surface area contributed by atoms with E-state index in [0.29, 0.717) is 12.5 Å². The molecule has 0 fully saturated rings. The molecule has 1 rings (SSSR count). The molecule has 1 unspecified atom stereocenters. The Morgan fingerprint density at radius 1 is 1.17 bits per heavy atom. The van der Waals surface area contributed by atoms with Gasteiger partial charge in [0.25, 0.3) is 17.3 Å². The second-order valence-corrected chi connectivity index (χ2v) is 5.78. The molecule has 0 saturated heterocycles. The molecule has 8 heteroatoms. The van der Waals surface area contributed by atoms with Crippen molar-refractivity contribution in [3.63, 3.8) is 0 Å². The van der Waals surface area contributed by atoms with E-state index in [4.69, 9.17) is 0 Å². The Kier molecular flexibility index (Phi) is 7.29. The molecule has 1 amide bonds. The molecule has 24 heavy (non-hydrogen) atoms. The number of benzene rings is 1. The molecule has 1 aromatic rings. The van der Waals surface area contributed by atoms with Gasteiger partial charge in [-0.2, -0.15) is 0 Å². The normalized spacial score (nSPS) is 11.8. The lowest BCUT2D eigenvalue weighted by Gasteiger charge is -2.15. The van der Waals surface area contributed by atoms with Crippen molar-refractivity contribution in [2.45, 2.75) is 46.5 Å². The van der Waals surface area contributed by atoms with Gasteiger partial charge in [-0.05, 0) is 19.3 Å². The predicted octanol–water partition coefficient (Wildman–Crippen LogP) is 3.76. The molecule has 8 nitrogen and oxygen atoms in total. The number of unbranched alkanes of at least 4 members (excludes halogenated alkanes) is 1. The molecule has 0 aliphatic heterocycles. The smallest absolute Gasteiger partial charge is 0.279 e. The van der Waals surface area contributed by atoms with Crippen LogP contribution in [0.25, 0.3) is 0 Å². The summed E-state index contributed by atoms with van der Waals surface area (Å²) in [7, 11) is 0. The van der Waals surface area contributed by atoms with E-state index in [1.807, 2.05) is 6.92 Å². The third-order valence-corrected chi connectivity index (χ3v) is 4.10. The van der Waals surface area contributed by atoms with Gasteiger partial charge in [-0.3, -0.25) is 25.0 Å². The SMILES string of the molecule is CCCCC(CC)CNC(=O)c1cc([N+](=O)[O-])c(C)c([N+](=O)[O-])c1. The number of carbonyl (C=O) groups excluding carboxylic acids is 1. The van der Waals surface area contributed by atoms with Gasteiger partial charge in [0, 0.05) is 18.7 Å². The zero-order valence-corrected chi connectivity index (χ0v) is 14.2. The Bertz CT molecular complexity index is 595. The van der Waals surface area contributed by atoms with Crippen LogP contribution in [0.4, 0.5) is 11.4 Å². The average Bonchev–Trinajstić information content (AvgIpc) is 2.54. The summed E-state index contributed by atoms with van der Waals surface area (Å²) < 4.78 is 0. The van der Waals surface area contributed by atoms with Crippen molar-refractivity contribution < 1.29 is 14.6 Å². The van der Waals surface area contributed by atoms with Crippen LogP contribution in [0.3, 0.4) is 0 Å². The van der Waals surface area contributed by atoms with E-state index in [0.717, 1.165) is 37.8 Å². The summed E-state index contributed by atoms with van der Waals surface area (Å²) in [5.41, 5.74) is -0.972. The third-order valence-electron chi connectivity index (χ3n) is 4.10. The fraction of sp³-hybridized carbons (Fsp3) is 0.562. The van der Waals surface area contributed by atoms with E-state index in [1.54, 1.807) is 0 Å². The number of nitrogens with one attached hydrogen (secondary N) is 1. The second kappa shape index (κ2) is 8.95.